The fraction of sp³-hybridized carbons (Fsp3) is 0.606. The molecule has 0 fully saturated rings. The van der Waals surface area contributed by atoms with Crippen molar-refractivity contribution in [3.05, 3.63) is 23.8 Å². The summed E-state index contributed by atoms with van der Waals surface area (Å²) in [6, 6.07) is 4.78. The molecule has 238 valence electrons. The molecule has 0 spiro atoms. The third kappa shape index (κ3) is 18.7. The average molecular weight is 617 g/mol. The molecular weight excluding hydrogens is 568 g/mol. The Morgan fingerprint density at radius 2 is 1.58 bits per heavy atom. The number of amides is 2. The van der Waals surface area contributed by atoms with Crippen LogP contribution in [0.25, 0.3) is 0 Å². The van der Waals surface area contributed by atoms with E-state index in [1.165, 1.54) is 0 Å². The number of terminal acetylenes is 2. The summed E-state index contributed by atoms with van der Waals surface area (Å²) in [5.74, 6) is 6.31. The van der Waals surface area contributed by atoms with Crippen LogP contribution in [-0.2, 0) is 14.3 Å². The summed E-state index contributed by atoms with van der Waals surface area (Å²) in [4.78, 5) is 38.5. The molecule has 10 heteroatoms. The first kappa shape index (κ1) is 37.7. The Bertz CT molecular complexity index is 1040. The van der Waals surface area contributed by atoms with E-state index in [1.54, 1.807) is 50.7 Å². The molecule has 1 aromatic carbocycles. The number of ketones is 1. The molecule has 0 bridgehead atoms. The lowest BCUT2D eigenvalue weighted by Gasteiger charge is -2.20. The van der Waals surface area contributed by atoms with Crippen molar-refractivity contribution < 1.29 is 33.3 Å². The number of thioether (sulfide) groups is 1. The standard InChI is InChI=1S/C33H48N2O7S/c1-7-16-39-19-12-20-43-21-15-34-31(37)26(13-10-11-14-35-32(38)42-33(4,5)6)24-30(36)27-22-28(40-17-8-2)25-29(23-27)41-18-9-3/h2-3,22-23,25-26H,7,10-21,24H2,1,4-6H3,(H,34,37)(H,35,38). The van der Waals surface area contributed by atoms with Crippen molar-refractivity contribution in [3.63, 3.8) is 0 Å². The van der Waals surface area contributed by atoms with Crippen molar-refractivity contribution in [2.75, 3.05) is 51.0 Å². The van der Waals surface area contributed by atoms with Crippen LogP contribution in [0, 0.1) is 30.6 Å². The zero-order valence-electron chi connectivity index (χ0n) is 26.1. The van der Waals surface area contributed by atoms with E-state index in [0.717, 1.165) is 37.6 Å². The third-order valence-corrected chi connectivity index (χ3v) is 6.84. The topological polar surface area (TPSA) is 112 Å². The molecular formula is C33H48N2O7S. The van der Waals surface area contributed by atoms with E-state index in [1.807, 2.05) is 0 Å². The second-order valence-corrected chi connectivity index (χ2v) is 12.0. The molecule has 2 N–H and O–H groups in total. The minimum atomic E-state index is -0.580. The van der Waals surface area contributed by atoms with E-state index in [-0.39, 0.29) is 31.3 Å². The van der Waals surface area contributed by atoms with Gasteiger partial charge in [0.25, 0.3) is 0 Å². The number of hydrogen-bond donors (Lipinski definition) is 2. The number of ether oxygens (including phenoxy) is 4. The first-order chi connectivity index (χ1) is 20.6. The van der Waals surface area contributed by atoms with Gasteiger partial charge < -0.3 is 29.6 Å². The molecule has 0 saturated heterocycles. The Labute approximate surface area is 261 Å². The lowest BCUT2D eigenvalue weighted by atomic mass is 9.92. The first-order valence-corrected chi connectivity index (χ1v) is 16.0. The molecule has 0 aliphatic rings. The quantitative estimate of drug-likeness (QED) is 0.103. The summed E-state index contributed by atoms with van der Waals surface area (Å²) in [5.41, 5.74) is -0.240. The molecule has 0 radical (unpaired) electrons. The molecule has 1 rings (SSSR count). The van der Waals surface area contributed by atoms with E-state index in [4.69, 9.17) is 31.8 Å². The molecule has 9 nitrogen and oxygen atoms in total. The van der Waals surface area contributed by atoms with Gasteiger partial charge in [-0.1, -0.05) is 25.2 Å². The van der Waals surface area contributed by atoms with Gasteiger partial charge in [-0.2, -0.15) is 11.8 Å². The number of hydrogen-bond acceptors (Lipinski definition) is 8. The molecule has 0 saturated carbocycles. The van der Waals surface area contributed by atoms with Crippen LogP contribution in [0.2, 0.25) is 0 Å². The van der Waals surface area contributed by atoms with Crippen LogP contribution in [0.15, 0.2) is 18.2 Å². The maximum atomic E-state index is 13.4. The summed E-state index contributed by atoms with van der Waals surface area (Å²) in [5, 5.41) is 5.72. The molecule has 0 aliphatic heterocycles. The monoisotopic (exact) mass is 616 g/mol. The third-order valence-electron chi connectivity index (χ3n) is 5.77. The van der Waals surface area contributed by atoms with E-state index in [2.05, 4.69) is 29.4 Å². The highest BCUT2D eigenvalue weighted by Crippen LogP contribution is 2.26. The summed E-state index contributed by atoms with van der Waals surface area (Å²) in [7, 11) is 0. The van der Waals surface area contributed by atoms with E-state index in [0.29, 0.717) is 49.4 Å². The van der Waals surface area contributed by atoms with Gasteiger partial charge in [-0.25, -0.2) is 4.79 Å². The largest absolute Gasteiger partial charge is 0.481 e. The minimum Gasteiger partial charge on any atom is -0.481 e. The van der Waals surface area contributed by atoms with Gasteiger partial charge in [0.05, 0.1) is 0 Å². The zero-order chi connectivity index (χ0) is 31.9. The predicted octanol–water partition coefficient (Wildman–Crippen LogP) is 5.26. The Kier molecular flexibility index (Phi) is 19.5. The lowest BCUT2D eigenvalue weighted by Crippen LogP contribution is -2.34. The van der Waals surface area contributed by atoms with Crippen molar-refractivity contribution >= 4 is 29.5 Å². The van der Waals surface area contributed by atoms with Gasteiger partial charge in [0.15, 0.2) is 5.78 Å². The SMILES string of the molecule is C#CCOc1cc(OCC#C)cc(C(=O)CC(CCCCNC(=O)OC(C)(C)C)C(=O)NCCSCCCOCCC)c1. The second-order valence-electron chi connectivity index (χ2n) is 10.8. The Morgan fingerprint density at radius 3 is 2.19 bits per heavy atom. The van der Waals surface area contributed by atoms with Gasteiger partial charge in [0, 0.05) is 56.0 Å². The highest BCUT2D eigenvalue weighted by atomic mass is 32.2. The van der Waals surface area contributed by atoms with Gasteiger partial charge >= 0.3 is 6.09 Å². The number of alkyl carbamates (subject to hydrolysis) is 1. The molecule has 1 unspecified atom stereocenters. The first-order valence-electron chi connectivity index (χ1n) is 14.8. The van der Waals surface area contributed by atoms with Crippen molar-refractivity contribution in [2.24, 2.45) is 5.92 Å². The summed E-state index contributed by atoms with van der Waals surface area (Å²) < 4.78 is 21.8. The van der Waals surface area contributed by atoms with Gasteiger partial charge in [0.1, 0.15) is 30.3 Å². The zero-order valence-corrected chi connectivity index (χ0v) is 26.9. The lowest BCUT2D eigenvalue weighted by molar-refractivity contribution is -0.125. The van der Waals surface area contributed by atoms with Crippen molar-refractivity contribution in [1.82, 2.24) is 10.6 Å². The van der Waals surface area contributed by atoms with Gasteiger partial charge in [-0.3, -0.25) is 9.59 Å². The summed E-state index contributed by atoms with van der Waals surface area (Å²) >= 11 is 1.75. The van der Waals surface area contributed by atoms with Gasteiger partial charge in [-0.05, 0) is 64.3 Å². The number of carbonyl (C=O) groups is 3. The predicted molar refractivity (Wildman–Crippen MR) is 172 cm³/mol. The number of rotatable bonds is 22. The van der Waals surface area contributed by atoms with Crippen LogP contribution in [-0.4, -0.2) is 74.4 Å². The Balaban J connectivity index is 2.80. The molecule has 0 heterocycles. The van der Waals surface area contributed by atoms with Crippen molar-refractivity contribution in [2.45, 2.75) is 71.8 Å². The molecule has 2 amide bonds. The number of carbonyl (C=O) groups excluding carboxylic acids is 3. The molecule has 0 aliphatic carbocycles. The average Bonchev–Trinajstić information content (AvgIpc) is 2.96. The van der Waals surface area contributed by atoms with Crippen LogP contribution in [0.4, 0.5) is 4.79 Å². The molecule has 43 heavy (non-hydrogen) atoms. The number of benzene rings is 1. The fourth-order valence-corrected chi connectivity index (χ4v) is 4.61. The minimum absolute atomic E-state index is 0.000406. The van der Waals surface area contributed by atoms with Crippen LogP contribution >= 0.6 is 11.8 Å². The van der Waals surface area contributed by atoms with Crippen molar-refractivity contribution in [3.8, 4) is 36.2 Å². The Morgan fingerprint density at radius 1 is 0.907 bits per heavy atom. The highest BCUT2D eigenvalue weighted by molar-refractivity contribution is 7.99. The van der Waals surface area contributed by atoms with E-state index >= 15 is 0 Å². The number of Topliss-reactive ketones (excluding diaryl/α,β-unsaturated/α-hetero) is 1. The smallest absolute Gasteiger partial charge is 0.407 e. The number of nitrogens with one attached hydrogen (secondary N) is 2. The van der Waals surface area contributed by atoms with E-state index < -0.39 is 17.6 Å². The Hall–Kier alpha value is -3.34. The summed E-state index contributed by atoms with van der Waals surface area (Å²) in [6.45, 7) is 9.96. The normalized spacial score (nSPS) is 11.5. The van der Waals surface area contributed by atoms with Crippen molar-refractivity contribution in [1.29, 1.82) is 0 Å². The van der Waals surface area contributed by atoms with Crippen LogP contribution in [0.3, 0.4) is 0 Å². The number of unbranched alkanes of at least 4 members (excludes halogenated alkanes) is 1. The summed E-state index contributed by atoms with van der Waals surface area (Å²) in [6.07, 6.45) is 13.9. The van der Waals surface area contributed by atoms with Crippen LogP contribution in [0.5, 0.6) is 11.5 Å². The van der Waals surface area contributed by atoms with E-state index in [9.17, 15) is 14.4 Å². The van der Waals surface area contributed by atoms with Crippen LogP contribution in [0.1, 0.15) is 76.6 Å². The molecule has 1 aromatic rings. The van der Waals surface area contributed by atoms with Crippen LogP contribution < -0.4 is 20.1 Å². The second kappa shape index (κ2) is 22.2. The van der Waals surface area contributed by atoms with Gasteiger partial charge in [0.2, 0.25) is 5.91 Å². The fourth-order valence-electron chi connectivity index (χ4n) is 3.84. The molecule has 0 aromatic heterocycles. The maximum absolute atomic E-state index is 13.4. The molecule has 1 atom stereocenters. The maximum Gasteiger partial charge on any atom is 0.407 e. The van der Waals surface area contributed by atoms with Gasteiger partial charge in [-0.15, -0.1) is 12.8 Å². The highest BCUT2D eigenvalue weighted by Gasteiger charge is 2.23.